The minimum atomic E-state index is 0.610. The molecule has 2 heterocycles. The van der Waals surface area contributed by atoms with E-state index in [1.165, 1.54) is 21.7 Å². The van der Waals surface area contributed by atoms with Gasteiger partial charge in [0.15, 0.2) is 17.5 Å². The topological polar surface area (TPSA) is 51.8 Å². The number of rotatable bonds is 6. The lowest BCUT2D eigenvalue weighted by Crippen LogP contribution is -2.00. The highest BCUT2D eigenvalue weighted by molar-refractivity contribution is 6.15. The summed E-state index contributed by atoms with van der Waals surface area (Å²) < 4.78 is 6.60. The zero-order chi connectivity index (χ0) is 37.7. The third-order valence-electron chi connectivity index (χ3n) is 10.9. The molecule has 11 aromatic rings. The second-order valence-corrected chi connectivity index (χ2v) is 14.4. The van der Waals surface area contributed by atoms with E-state index in [4.69, 9.17) is 19.4 Å². The van der Waals surface area contributed by atoms with Gasteiger partial charge in [-0.05, 0) is 67.6 Å². The average Bonchev–Trinajstić information content (AvgIpc) is 3.68. The van der Waals surface area contributed by atoms with E-state index < -0.39 is 0 Å². The maximum Gasteiger partial charge on any atom is 0.164 e. The number of benzene rings is 9. The van der Waals surface area contributed by atoms with Crippen LogP contribution in [0.4, 0.5) is 0 Å². The number of furan rings is 1. The average molecular weight is 728 g/mol. The van der Waals surface area contributed by atoms with E-state index in [9.17, 15) is 0 Å². The molecule has 0 fully saturated rings. The molecule has 0 aliphatic carbocycles. The molecule has 4 nitrogen and oxygen atoms in total. The van der Waals surface area contributed by atoms with Gasteiger partial charge in [0.25, 0.3) is 0 Å². The quantitative estimate of drug-likeness (QED) is 0.171. The van der Waals surface area contributed by atoms with Gasteiger partial charge in [-0.3, -0.25) is 0 Å². The number of nitrogens with zero attached hydrogens (tertiary/aromatic N) is 3. The van der Waals surface area contributed by atoms with E-state index in [0.29, 0.717) is 17.5 Å². The van der Waals surface area contributed by atoms with Crippen LogP contribution in [-0.2, 0) is 0 Å². The molecule has 266 valence electrons. The Morgan fingerprint density at radius 1 is 0.298 bits per heavy atom. The van der Waals surface area contributed by atoms with E-state index in [0.717, 1.165) is 71.8 Å². The van der Waals surface area contributed by atoms with Crippen molar-refractivity contribution in [3.8, 4) is 67.5 Å². The van der Waals surface area contributed by atoms with Crippen LogP contribution in [0.1, 0.15) is 0 Å². The molecule has 0 aliphatic heterocycles. The van der Waals surface area contributed by atoms with Crippen LogP contribution in [0, 0.1) is 0 Å². The smallest absolute Gasteiger partial charge is 0.164 e. The predicted octanol–water partition coefficient (Wildman–Crippen LogP) is 14.1. The summed E-state index contributed by atoms with van der Waals surface area (Å²) in [5.41, 5.74) is 11.2. The Morgan fingerprint density at radius 3 is 1.67 bits per heavy atom. The molecule has 0 radical (unpaired) electrons. The van der Waals surface area contributed by atoms with Gasteiger partial charge in [0.2, 0.25) is 0 Å². The Kier molecular flexibility index (Phi) is 7.78. The summed E-state index contributed by atoms with van der Waals surface area (Å²) in [5, 5.41) is 6.92. The number of hydrogen-bond acceptors (Lipinski definition) is 4. The molecule has 0 aliphatic rings. The van der Waals surface area contributed by atoms with Gasteiger partial charge in [-0.2, -0.15) is 0 Å². The van der Waals surface area contributed by atoms with Crippen molar-refractivity contribution >= 4 is 43.5 Å². The standard InChI is InChI=1S/C53H33N3O/c1-2-13-36(14-3-1)46-23-10-24-47-49-45(22-11-25-48(49)57-50(46)47)40-18-8-19-41(33-40)52-54-51(55-53(56-52)42-31-26-34-12-4-5-16-39(34)32-42)38-29-27-37(28-30-38)44-21-9-17-35-15-6-7-20-43(35)44/h1-33H. The van der Waals surface area contributed by atoms with Crippen molar-refractivity contribution in [3.05, 3.63) is 200 Å². The molecule has 0 saturated carbocycles. The Bertz CT molecular complexity index is 3290. The first-order valence-corrected chi connectivity index (χ1v) is 19.2. The van der Waals surface area contributed by atoms with Crippen molar-refractivity contribution in [1.29, 1.82) is 0 Å². The highest BCUT2D eigenvalue weighted by Gasteiger charge is 2.18. The maximum atomic E-state index is 6.60. The van der Waals surface area contributed by atoms with Gasteiger partial charge in [0.1, 0.15) is 11.2 Å². The van der Waals surface area contributed by atoms with Crippen LogP contribution in [0.3, 0.4) is 0 Å². The number of para-hydroxylation sites is 1. The van der Waals surface area contributed by atoms with Crippen LogP contribution in [0.2, 0.25) is 0 Å². The fraction of sp³-hybridized carbons (Fsp3) is 0. The molecule has 11 rings (SSSR count). The monoisotopic (exact) mass is 727 g/mol. The fourth-order valence-corrected chi connectivity index (χ4v) is 8.13. The van der Waals surface area contributed by atoms with Crippen molar-refractivity contribution in [2.24, 2.45) is 0 Å². The first-order chi connectivity index (χ1) is 28.2. The molecule has 2 aromatic heterocycles. The zero-order valence-corrected chi connectivity index (χ0v) is 30.8. The summed E-state index contributed by atoms with van der Waals surface area (Å²) in [6.07, 6.45) is 0. The van der Waals surface area contributed by atoms with Gasteiger partial charge in [-0.1, -0.05) is 182 Å². The minimum Gasteiger partial charge on any atom is -0.455 e. The molecule has 4 heteroatoms. The third-order valence-corrected chi connectivity index (χ3v) is 10.9. The summed E-state index contributed by atoms with van der Waals surface area (Å²) in [4.78, 5) is 15.4. The Hall–Kier alpha value is -7.69. The fourth-order valence-electron chi connectivity index (χ4n) is 8.13. The number of fused-ring (bicyclic) bond motifs is 5. The first-order valence-electron chi connectivity index (χ1n) is 19.2. The SMILES string of the molecule is c1ccc(-c2cccc3c2oc2cccc(-c4cccc(-c5nc(-c6ccc(-c7cccc8ccccc78)cc6)nc(-c6ccc7ccccc7c6)n5)c4)c23)cc1. The molecule has 0 amide bonds. The molecule has 0 bridgehead atoms. The van der Waals surface area contributed by atoms with Crippen LogP contribution in [0.15, 0.2) is 205 Å². The van der Waals surface area contributed by atoms with Crippen molar-refractivity contribution in [3.63, 3.8) is 0 Å². The number of hydrogen-bond donors (Lipinski definition) is 0. The first kappa shape index (κ1) is 32.7. The van der Waals surface area contributed by atoms with Gasteiger partial charge in [0, 0.05) is 33.0 Å². The molecule has 0 N–H and O–H groups in total. The van der Waals surface area contributed by atoms with Crippen LogP contribution >= 0.6 is 0 Å². The molecular formula is C53H33N3O. The van der Waals surface area contributed by atoms with Gasteiger partial charge in [-0.15, -0.1) is 0 Å². The molecule has 9 aromatic carbocycles. The second-order valence-electron chi connectivity index (χ2n) is 14.4. The lowest BCUT2D eigenvalue weighted by Gasteiger charge is -2.11. The molecule has 0 unspecified atom stereocenters. The van der Waals surface area contributed by atoms with Gasteiger partial charge < -0.3 is 4.42 Å². The van der Waals surface area contributed by atoms with E-state index in [2.05, 4.69) is 194 Å². The minimum absolute atomic E-state index is 0.610. The van der Waals surface area contributed by atoms with Crippen LogP contribution in [-0.4, -0.2) is 15.0 Å². The summed E-state index contributed by atoms with van der Waals surface area (Å²) >= 11 is 0. The summed E-state index contributed by atoms with van der Waals surface area (Å²) in [7, 11) is 0. The molecule has 0 atom stereocenters. The number of aromatic nitrogens is 3. The lowest BCUT2D eigenvalue weighted by molar-refractivity contribution is 0.670. The predicted molar refractivity (Wildman–Crippen MR) is 235 cm³/mol. The van der Waals surface area contributed by atoms with Crippen molar-refractivity contribution < 1.29 is 4.42 Å². The maximum absolute atomic E-state index is 6.60. The molecule has 0 spiro atoms. The van der Waals surface area contributed by atoms with Crippen molar-refractivity contribution in [2.75, 3.05) is 0 Å². The third kappa shape index (κ3) is 5.83. The highest BCUT2D eigenvalue weighted by Crippen LogP contribution is 2.41. The van der Waals surface area contributed by atoms with Crippen molar-refractivity contribution in [2.45, 2.75) is 0 Å². The van der Waals surface area contributed by atoms with Crippen LogP contribution in [0.25, 0.3) is 111 Å². The van der Waals surface area contributed by atoms with Crippen LogP contribution < -0.4 is 0 Å². The van der Waals surface area contributed by atoms with Gasteiger partial charge in [-0.25, -0.2) is 15.0 Å². The normalized spacial score (nSPS) is 11.5. The molecule has 0 saturated heterocycles. The summed E-state index contributed by atoms with van der Waals surface area (Å²) in [5.74, 6) is 1.86. The van der Waals surface area contributed by atoms with E-state index in [-0.39, 0.29) is 0 Å². The Morgan fingerprint density at radius 2 is 0.825 bits per heavy atom. The van der Waals surface area contributed by atoms with Crippen molar-refractivity contribution in [1.82, 2.24) is 15.0 Å². The Labute approximate surface area is 329 Å². The summed E-state index contributed by atoms with van der Waals surface area (Å²) in [6, 6.07) is 69.9. The lowest BCUT2D eigenvalue weighted by atomic mass is 9.96. The van der Waals surface area contributed by atoms with E-state index in [1.54, 1.807) is 0 Å². The zero-order valence-electron chi connectivity index (χ0n) is 30.8. The van der Waals surface area contributed by atoms with Gasteiger partial charge >= 0.3 is 0 Å². The highest BCUT2D eigenvalue weighted by atomic mass is 16.3. The molecule has 57 heavy (non-hydrogen) atoms. The largest absolute Gasteiger partial charge is 0.455 e. The summed E-state index contributed by atoms with van der Waals surface area (Å²) in [6.45, 7) is 0. The van der Waals surface area contributed by atoms with E-state index >= 15 is 0 Å². The molecular weight excluding hydrogens is 695 g/mol. The Balaban J connectivity index is 1.05. The van der Waals surface area contributed by atoms with E-state index in [1.807, 2.05) is 6.07 Å². The van der Waals surface area contributed by atoms with Crippen LogP contribution in [0.5, 0.6) is 0 Å². The van der Waals surface area contributed by atoms with Gasteiger partial charge in [0.05, 0.1) is 0 Å². The second kappa shape index (κ2) is 13.6.